The Morgan fingerprint density at radius 1 is 1.16 bits per heavy atom. The molecule has 1 aromatic carbocycles. The molecule has 0 saturated carbocycles. The van der Waals surface area contributed by atoms with Crippen molar-refractivity contribution in [3.63, 3.8) is 0 Å². The molecular formula is C26H29F3N6O3. The summed E-state index contributed by atoms with van der Waals surface area (Å²) >= 11 is 0. The molecule has 0 bridgehead atoms. The van der Waals surface area contributed by atoms with Crippen LogP contribution in [0.2, 0.25) is 0 Å². The zero-order valence-electron chi connectivity index (χ0n) is 21.0. The lowest BCUT2D eigenvalue weighted by atomic mass is 10.0. The van der Waals surface area contributed by atoms with Crippen molar-refractivity contribution in [2.24, 2.45) is 0 Å². The van der Waals surface area contributed by atoms with Gasteiger partial charge in [0.15, 0.2) is 0 Å². The van der Waals surface area contributed by atoms with E-state index < -0.39 is 11.7 Å². The third-order valence-electron chi connectivity index (χ3n) is 7.58. The van der Waals surface area contributed by atoms with Gasteiger partial charge in [0.2, 0.25) is 0 Å². The minimum atomic E-state index is -4.50. The Kier molecular flexibility index (Phi) is 6.31. The summed E-state index contributed by atoms with van der Waals surface area (Å²) in [5, 5.41) is 6.00. The van der Waals surface area contributed by atoms with Crippen LogP contribution in [0.15, 0.2) is 24.4 Å². The lowest BCUT2D eigenvalue weighted by molar-refractivity contribution is -0.136. The van der Waals surface area contributed by atoms with E-state index in [0.29, 0.717) is 60.7 Å². The van der Waals surface area contributed by atoms with E-state index in [9.17, 15) is 18.0 Å². The van der Waals surface area contributed by atoms with Gasteiger partial charge in [-0.05, 0) is 18.6 Å². The van der Waals surface area contributed by atoms with Crippen molar-refractivity contribution < 1.29 is 27.4 Å². The van der Waals surface area contributed by atoms with Gasteiger partial charge in [-0.2, -0.15) is 13.2 Å². The standard InChI is InChI=1S/C26H29F3N6O3/c1-30-20-12-21(33-24-22(20)18(13-31-24)26(27,28)29)32-19-3-2-17(16-5-9-38-23(16)19)25(36)35-6-4-15(14-35)34-7-10-37-11-8-34/h2-3,12-13,15H,4-11,14H2,1H3,(H3,30,31,32,33)/t15-/m1/s1. The molecule has 0 spiro atoms. The molecule has 5 heterocycles. The quantitative estimate of drug-likeness (QED) is 0.461. The van der Waals surface area contributed by atoms with Gasteiger partial charge in [0, 0.05) is 74.8 Å². The fourth-order valence-corrected chi connectivity index (χ4v) is 5.69. The average Bonchev–Trinajstić information content (AvgIpc) is 3.68. The number of aromatic nitrogens is 2. The second-order valence-corrected chi connectivity index (χ2v) is 9.76. The minimum Gasteiger partial charge on any atom is -0.491 e. The van der Waals surface area contributed by atoms with Crippen LogP contribution < -0.4 is 15.4 Å². The third kappa shape index (κ3) is 4.41. The second kappa shape index (κ2) is 9.66. The SMILES string of the molecule is CNc1cc(Nc2ccc(C(=O)N3CC[C@@H](N4CCOCC4)C3)c3c2OCC3)nc2[nH]cc(C(F)(F)F)c12. The maximum absolute atomic E-state index is 13.5. The molecular weight excluding hydrogens is 501 g/mol. The molecule has 3 N–H and O–H groups in total. The van der Waals surface area contributed by atoms with Crippen LogP contribution in [0.25, 0.3) is 11.0 Å². The van der Waals surface area contributed by atoms with Crippen LogP contribution in [0, 0.1) is 0 Å². The Hall–Kier alpha value is -3.51. The van der Waals surface area contributed by atoms with Crippen LogP contribution >= 0.6 is 0 Å². The fourth-order valence-electron chi connectivity index (χ4n) is 5.69. The number of anilines is 3. The first-order chi connectivity index (χ1) is 18.3. The summed E-state index contributed by atoms with van der Waals surface area (Å²) in [5.74, 6) is 0.925. The summed E-state index contributed by atoms with van der Waals surface area (Å²) in [6.07, 6.45) is -2.03. The summed E-state index contributed by atoms with van der Waals surface area (Å²) in [6.45, 7) is 5.11. The van der Waals surface area contributed by atoms with E-state index in [0.717, 1.165) is 44.5 Å². The fraction of sp³-hybridized carbons (Fsp3) is 0.462. The van der Waals surface area contributed by atoms with Crippen molar-refractivity contribution in [1.29, 1.82) is 0 Å². The number of halogens is 3. The molecule has 3 aliphatic heterocycles. The van der Waals surface area contributed by atoms with Gasteiger partial charge in [0.25, 0.3) is 5.91 Å². The van der Waals surface area contributed by atoms with Gasteiger partial charge >= 0.3 is 6.18 Å². The predicted octanol–water partition coefficient (Wildman–Crippen LogP) is 3.85. The predicted molar refractivity (Wildman–Crippen MR) is 136 cm³/mol. The number of carbonyl (C=O) groups is 1. The number of rotatable bonds is 5. The first-order valence-corrected chi connectivity index (χ1v) is 12.8. The van der Waals surface area contributed by atoms with Gasteiger partial charge in [0.1, 0.15) is 17.2 Å². The van der Waals surface area contributed by atoms with Crippen molar-refractivity contribution in [3.8, 4) is 5.75 Å². The number of H-pyrrole nitrogens is 1. The normalized spacial score (nSPS) is 20.0. The molecule has 0 unspecified atom stereocenters. The van der Waals surface area contributed by atoms with Crippen molar-refractivity contribution in [2.75, 3.05) is 63.7 Å². The molecule has 2 fully saturated rings. The largest absolute Gasteiger partial charge is 0.491 e. The van der Waals surface area contributed by atoms with E-state index in [2.05, 4.69) is 25.5 Å². The number of benzene rings is 1. The Balaban J connectivity index is 1.25. The van der Waals surface area contributed by atoms with Crippen LogP contribution in [-0.4, -0.2) is 84.8 Å². The highest BCUT2D eigenvalue weighted by molar-refractivity contribution is 5.98. The molecule has 9 nitrogen and oxygen atoms in total. The Morgan fingerprint density at radius 2 is 1.97 bits per heavy atom. The van der Waals surface area contributed by atoms with Crippen molar-refractivity contribution in [2.45, 2.75) is 25.1 Å². The Bertz CT molecular complexity index is 1370. The number of fused-ring (bicyclic) bond motifs is 2. The highest BCUT2D eigenvalue weighted by atomic mass is 19.4. The molecule has 0 aliphatic carbocycles. The van der Waals surface area contributed by atoms with Crippen molar-refractivity contribution >= 4 is 34.1 Å². The molecule has 2 aromatic heterocycles. The number of amides is 1. The van der Waals surface area contributed by atoms with E-state index in [-0.39, 0.29) is 16.9 Å². The van der Waals surface area contributed by atoms with Crippen LogP contribution in [0.1, 0.15) is 27.9 Å². The number of hydrogen-bond acceptors (Lipinski definition) is 7. The Morgan fingerprint density at radius 3 is 2.74 bits per heavy atom. The van der Waals surface area contributed by atoms with Crippen LogP contribution in [0.5, 0.6) is 5.75 Å². The number of ether oxygens (including phenoxy) is 2. The molecule has 2 saturated heterocycles. The average molecular weight is 531 g/mol. The third-order valence-corrected chi connectivity index (χ3v) is 7.58. The molecule has 1 atom stereocenters. The number of likely N-dealkylation sites (tertiary alicyclic amines) is 1. The van der Waals surface area contributed by atoms with E-state index in [1.165, 1.54) is 6.07 Å². The number of aromatic amines is 1. The zero-order chi connectivity index (χ0) is 26.4. The summed E-state index contributed by atoms with van der Waals surface area (Å²) in [4.78, 5) is 24.8. The van der Waals surface area contributed by atoms with Gasteiger partial charge in [-0.3, -0.25) is 9.69 Å². The molecule has 202 valence electrons. The van der Waals surface area contributed by atoms with E-state index in [1.807, 2.05) is 4.90 Å². The van der Waals surface area contributed by atoms with Gasteiger partial charge in [-0.15, -0.1) is 0 Å². The summed E-state index contributed by atoms with van der Waals surface area (Å²) < 4.78 is 51.7. The van der Waals surface area contributed by atoms with Gasteiger partial charge in [-0.1, -0.05) is 0 Å². The van der Waals surface area contributed by atoms with Crippen LogP contribution in [0.4, 0.5) is 30.4 Å². The van der Waals surface area contributed by atoms with Crippen LogP contribution in [-0.2, 0) is 17.3 Å². The highest BCUT2D eigenvalue weighted by Gasteiger charge is 2.36. The first kappa shape index (κ1) is 24.8. The van der Waals surface area contributed by atoms with E-state index in [1.54, 1.807) is 19.2 Å². The Labute approximate surface area is 217 Å². The molecule has 3 aromatic rings. The monoisotopic (exact) mass is 530 g/mol. The van der Waals surface area contributed by atoms with Gasteiger partial charge in [-0.25, -0.2) is 4.98 Å². The zero-order valence-corrected chi connectivity index (χ0v) is 21.0. The highest BCUT2D eigenvalue weighted by Crippen LogP contribution is 2.41. The number of pyridine rings is 1. The number of hydrogen-bond donors (Lipinski definition) is 3. The second-order valence-electron chi connectivity index (χ2n) is 9.76. The first-order valence-electron chi connectivity index (χ1n) is 12.8. The number of morpholine rings is 1. The minimum absolute atomic E-state index is 0.00265. The van der Waals surface area contributed by atoms with E-state index in [4.69, 9.17) is 9.47 Å². The molecule has 3 aliphatic rings. The summed E-state index contributed by atoms with van der Waals surface area (Å²) in [5.41, 5.74) is 1.70. The lowest BCUT2D eigenvalue weighted by Gasteiger charge is -2.32. The van der Waals surface area contributed by atoms with E-state index >= 15 is 0 Å². The van der Waals surface area contributed by atoms with Gasteiger partial charge < -0.3 is 30.0 Å². The molecule has 0 radical (unpaired) electrons. The van der Waals surface area contributed by atoms with Crippen molar-refractivity contribution in [3.05, 3.63) is 41.1 Å². The lowest BCUT2D eigenvalue weighted by Crippen LogP contribution is -2.45. The topological polar surface area (TPSA) is 94.8 Å². The maximum atomic E-state index is 13.5. The number of carbonyl (C=O) groups excluding carboxylic acids is 1. The number of alkyl halides is 3. The number of nitrogens with one attached hydrogen (secondary N) is 3. The summed E-state index contributed by atoms with van der Waals surface area (Å²) in [7, 11) is 1.56. The molecule has 6 rings (SSSR count). The molecule has 1 amide bonds. The van der Waals surface area contributed by atoms with Crippen LogP contribution in [0.3, 0.4) is 0 Å². The smallest absolute Gasteiger partial charge is 0.418 e. The number of nitrogens with zero attached hydrogens (tertiary/aromatic N) is 3. The van der Waals surface area contributed by atoms with Gasteiger partial charge in [0.05, 0.1) is 36.5 Å². The summed E-state index contributed by atoms with van der Waals surface area (Å²) in [6, 6.07) is 5.45. The van der Waals surface area contributed by atoms with Crippen molar-refractivity contribution in [1.82, 2.24) is 19.8 Å². The maximum Gasteiger partial charge on any atom is 0.418 e. The molecule has 12 heteroatoms. The molecule has 38 heavy (non-hydrogen) atoms.